The van der Waals surface area contributed by atoms with Crippen LogP contribution >= 0.6 is 0 Å². The summed E-state index contributed by atoms with van der Waals surface area (Å²) in [4.78, 5) is 18.0. The van der Waals surface area contributed by atoms with Crippen LogP contribution in [0.3, 0.4) is 0 Å². The van der Waals surface area contributed by atoms with Gasteiger partial charge in [0, 0.05) is 12.6 Å². The molecular formula is C16H22N2O2. The topological polar surface area (TPSA) is 53.4 Å². The number of pyridine rings is 1. The number of carboxylic acids is 1. The molecule has 1 aromatic heterocycles. The zero-order valence-electron chi connectivity index (χ0n) is 12.0. The van der Waals surface area contributed by atoms with E-state index >= 15 is 0 Å². The van der Waals surface area contributed by atoms with Crippen LogP contribution in [0.4, 0.5) is 5.82 Å². The fourth-order valence-corrected chi connectivity index (χ4v) is 3.84. The van der Waals surface area contributed by atoms with Crippen molar-refractivity contribution in [3.05, 3.63) is 23.4 Å². The molecule has 2 heterocycles. The number of aromatic carboxylic acids is 1. The normalized spacial score (nSPS) is 23.4. The Kier molecular flexibility index (Phi) is 3.64. The van der Waals surface area contributed by atoms with Crippen LogP contribution in [0, 0.1) is 12.8 Å². The standard InChI is InChI=1S/C16H22N2O2/c1-11-13(16(19)20)8-9-15(17-11)18-10-4-7-14(18)12-5-2-3-6-12/h8-9,12,14H,2-7,10H2,1H3,(H,19,20). The van der Waals surface area contributed by atoms with Crippen LogP contribution in [0.1, 0.15) is 54.6 Å². The summed E-state index contributed by atoms with van der Waals surface area (Å²) in [6, 6.07) is 4.19. The minimum absolute atomic E-state index is 0.311. The smallest absolute Gasteiger partial charge is 0.337 e. The predicted molar refractivity (Wildman–Crippen MR) is 78.3 cm³/mol. The molecule has 0 amide bonds. The number of rotatable bonds is 3. The van der Waals surface area contributed by atoms with Crippen molar-refractivity contribution in [3.63, 3.8) is 0 Å². The fourth-order valence-electron chi connectivity index (χ4n) is 3.84. The molecule has 2 aliphatic rings. The van der Waals surface area contributed by atoms with E-state index in [1.807, 2.05) is 6.07 Å². The Balaban J connectivity index is 1.84. The van der Waals surface area contributed by atoms with Gasteiger partial charge in [-0.3, -0.25) is 0 Å². The van der Waals surface area contributed by atoms with Crippen LogP contribution in [0.2, 0.25) is 0 Å². The summed E-state index contributed by atoms with van der Waals surface area (Å²) in [5.74, 6) is 0.871. The predicted octanol–water partition coefficient (Wildman–Crippen LogP) is 3.25. The maximum absolute atomic E-state index is 11.1. The molecule has 0 spiro atoms. The molecule has 0 aromatic carbocycles. The lowest BCUT2D eigenvalue weighted by atomic mass is 9.96. The van der Waals surface area contributed by atoms with Crippen molar-refractivity contribution in [1.82, 2.24) is 4.98 Å². The highest BCUT2D eigenvalue weighted by molar-refractivity contribution is 5.89. The molecule has 1 aliphatic carbocycles. The Morgan fingerprint density at radius 1 is 1.25 bits per heavy atom. The van der Waals surface area contributed by atoms with E-state index in [-0.39, 0.29) is 0 Å². The average Bonchev–Trinajstić information content (AvgIpc) is 3.09. The second-order valence-electron chi connectivity index (χ2n) is 6.06. The first-order chi connectivity index (χ1) is 9.66. The molecule has 0 radical (unpaired) electrons. The summed E-state index contributed by atoms with van der Waals surface area (Å²) in [7, 11) is 0. The minimum atomic E-state index is -0.893. The maximum Gasteiger partial charge on any atom is 0.337 e. The lowest BCUT2D eigenvalue weighted by Crippen LogP contribution is -2.35. The van der Waals surface area contributed by atoms with Gasteiger partial charge in [0.2, 0.25) is 0 Å². The van der Waals surface area contributed by atoms with E-state index in [1.54, 1.807) is 13.0 Å². The zero-order chi connectivity index (χ0) is 14.1. The van der Waals surface area contributed by atoms with Crippen LogP contribution < -0.4 is 4.90 Å². The van der Waals surface area contributed by atoms with E-state index in [1.165, 1.54) is 38.5 Å². The van der Waals surface area contributed by atoms with E-state index in [2.05, 4.69) is 9.88 Å². The lowest BCUT2D eigenvalue weighted by Gasteiger charge is -2.30. The highest BCUT2D eigenvalue weighted by Crippen LogP contribution is 2.37. The van der Waals surface area contributed by atoms with E-state index < -0.39 is 5.97 Å². The van der Waals surface area contributed by atoms with Gasteiger partial charge in [0.05, 0.1) is 11.3 Å². The van der Waals surface area contributed by atoms with Gasteiger partial charge in [-0.25, -0.2) is 9.78 Å². The van der Waals surface area contributed by atoms with Gasteiger partial charge in [-0.05, 0) is 50.7 Å². The zero-order valence-corrected chi connectivity index (χ0v) is 12.0. The van der Waals surface area contributed by atoms with Gasteiger partial charge in [0.15, 0.2) is 0 Å². The number of anilines is 1. The quantitative estimate of drug-likeness (QED) is 0.919. The molecule has 1 aromatic rings. The van der Waals surface area contributed by atoms with Crippen LogP contribution in [0.15, 0.2) is 12.1 Å². The van der Waals surface area contributed by atoms with Gasteiger partial charge >= 0.3 is 5.97 Å². The number of aromatic nitrogens is 1. The van der Waals surface area contributed by atoms with Gasteiger partial charge in [0.25, 0.3) is 0 Å². The third kappa shape index (κ3) is 2.39. The Labute approximate surface area is 119 Å². The summed E-state index contributed by atoms with van der Waals surface area (Å²) in [6.45, 7) is 2.84. The Morgan fingerprint density at radius 3 is 2.65 bits per heavy atom. The van der Waals surface area contributed by atoms with Gasteiger partial charge in [-0.2, -0.15) is 0 Å². The third-order valence-corrected chi connectivity index (χ3v) is 4.84. The molecule has 0 bridgehead atoms. The molecule has 4 heteroatoms. The van der Waals surface area contributed by atoms with Gasteiger partial charge in [0.1, 0.15) is 5.82 Å². The van der Waals surface area contributed by atoms with Crippen LogP contribution in [0.5, 0.6) is 0 Å². The Bertz CT molecular complexity index is 509. The van der Waals surface area contributed by atoms with E-state index in [0.29, 0.717) is 17.3 Å². The van der Waals surface area contributed by atoms with Crippen molar-refractivity contribution in [3.8, 4) is 0 Å². The SMILES string of the molecule is Cc1nc(N2CCCC2C2CCCC2)ccc1C(=O)O. The largest absolute Gasteiger partial charge is 0.478 e. The molecule has 3 rings (SSSR count). The highest BCUT2D eigenvalue weighted by Gasteiger charge is 2.34. The van der Waals surface area contributed by atoms with E-state index in [0.717, 1.165) is 18.3 Å². The second kappa shape index (κ2) is 5.43. The molecular weight excluding hydrogens is 252 g/mol. The first kappa shape index (κ1) is 13.4. The molecule has 1 N–H and O–H groups in total. The van der Waals surface area contributed by atoms with Gasteiger partial charge < -0.3 is 10.0 Å². The maximum atomic E-state index is 11.1. The molecule has 1 atom stereocenters. The van der Waals surface area contributed by atoms with Crippen LogP contribution in [0.25, 0.3) is 0 Å². The second-order valence-corrected chi connectivity index (χ2v) is 6.06. The first-order valence-electron chi connectivity index (χ1n) is 7.64. The summed E-state index contributed by atoms with van der Waals surface area (Å²) in [5, 5.41) is 9.09. The molecule has 108 valence electrons. The summed E-state index contributed by atoms with van der Waals surface area (Å²) in [5.41, 5.74) is 0.928. The lowest BCUT2D eigenvalue weighted by molar-refractivity contribution is 0.0695. The van der Waals surface area contributed by atoms with Crippen LogP contribution in [-0.2, 0) is 0 Å². The molecule has 1 unspecified atom stereocenters. The van der Waals surface area contributed by atoms with Gasteiger partial charge in [-0.1, -0.05) is 12.8 Å². The number of carboxylic acid groups (broad SMARTS) is 1. The average molecular weight is 274 g/mol. The van der Waals surface area contributed by atoms with Gasteiger partial charge in [-0.15, -0.1) is 0 Å². The van der Waals surface area contributed by atoms with Crippen molar-refractivity contribution >= 4 is 11.8 Å². The third-order valence-electron chi connectivity index (χ3n) is 4.84. The number of nitrogens with zero attached hydrogens (tertiary/aromatic N) is 2. The fraction of sp³-hybridized carbons (Fsp3) is 0.625. The minimum Gasteiger partial charge on any atom is -0.478 e. The van der Waals surface area contributed by atoms with Crippen molar-refractivity contribution in [2.24, 2.45) is 5.92 Å². The van der Waals surface area contributed by atoms with Crippen molar-refractivity contribution in [2.45, 2.75) is 51.5 Å². The molecule has 20 heavy (non-hydrogen) atoms. The number of hydrogen-bond donors (Lipinski definition) is 1. The highest BCUT2D eigenvalue weighted by atomic mass is 16.4. The van der Waals surface area contributed by atoms with E-state index in [9.17, 15) is 4.79 Å². The molecule has 2 fully saturated rings. The number of hydrogen-bond acceptors (Lipinski definition) is 3. The monoisotopic (exact) mass is 274 g/mol. The molecule has 1 saturated carbocycles. The summed E-state index contributed by atoms with van der Waals surface area (Å²) in [6.07, 6.45) is 7.88. The molecule has 1 saturated heterocycles. The van der Waals surface area contributed by atoms with Crippen LogP contribution in [-0.4, -0.2) is 28.6 Å². The van der Waals surface area contributed by atoms with E-state index in [4.69, 9.17) is 5.11 Å². The Hall–Kier alpha value is -1.58. The number of aryl methyl sites for hydroxylation is 1. The Morgan fingerprint density at radius 2 is 2.00 bits per heavy atom. The first-order valence-corrected chi connectivity index (χ1v) is 7.64. The summed E-state index contributed by atoms with van der Waals surface area (Å²) >= 11 is 0. The molecule has 4 nitrogen and oxygen atoms in total. The number of carbonyl (C=O) groups is 1. The van der Waals surface area contributed by atoms with Crippen molar-refractivity contribution < 1.29 is 9.90 Å². The van der Waals surface area contributed by atoms with Crippen molar-refractivity contribution in [1.29, 1.82) is 0 Å². The van der Waals surface area contributed by atoms with Crippen molar-refractivity contribution in [2.75, 3.05) is 11.4 Å². The molecule has 1 aliphatic heterocycles. The summed E-state index contributed by atoms with van der Waals surface area (Å²) < 4.78 is 0.